The van der Waals surface area contributed by atoms with Crippen molar-refractivity contribution in [2.24, 2.45) is 10.9 Å². The number of H-pyrrole nitrogens is 1. The van der Waals surface area contributed by atoms with E-state index in [4.69, 9.17) is 11.5 Å². The highest BCUT2D eigenvalue weighted by Crippen LogP contribution is 2.26. The molecule has 1 amide bonds. The fraction of sp³-hybridized carbons (Fsp3) is 0. The van der Waals surface area contributed by atoms with Gasteiger partial charge in [0.25, 0.3) is 5.91 Å². The van der Waals surface area contributed by atoms with Gasteiger partial charge in [0.1, 0.15) is 11.5 Å². The highest BCUT2D eigenvalue weighted by molar-refractivity contribution is 5.99. The number of aromatic amines is 1. The van der Waals surface area contributed by atoms with Crippen molar-refractivity contribution in [3.63, 3.8) is 0 Å². The zero-order valence-corrected chi connectivity index (χ0v) is 8.81. The minimum Gasteiger partial charge on any atom is -0.385 e. The Bertz CT molecular complexity index is 589. The van der Waals surface area contributed by atoms with Crippen LogP contribution in [0.15, 0.2) is 35.5 Å². The summed E-state index contributed by atoms with van der Waals surface area (Å²) in [5, 5.41) is 2.83. The molecule has 0 bridgehead atoms. The third-order valence-electron chi connectivity index (χ3n) is 2.38. The van der Waals surface area contributed by atoms with Crippen LogP contribution in [0.2, 0.25) is 0 Å². The summed E-state index contributed by atoms with van der Waals surface area (Å²) in [6, 6.07) is 8.17. The van der Waals surface area contributed by atoms with Gasteiger partial charge in [0.2, 0.25) is 0 Å². The maximum absolute atomic E-state index is 11.0. The van der Waals surface area contributed by atoms with Crippen molar-refractivity contribution < 1.29 is 4.79 Å². The van der Waals surface area contributed by atoms with Gasteiger partial charge in [-0.1, -0.05) is 12.1 Å². The molecule has 0 spiro atoms. The molecular formula is C11H10N4O2. The minimum atomic E-state index is -0.602. The lowest BCUT2D eigenvalue weighted by molar-refractivity contribution is 0.100. The van der Waals surface area contributed by atoms with Crippen LogP contribution in [0.3, 0.4) is 0 Å². The molecule has 0 saturated carbocycles. The van der Waals surface area contributed by atoms with E-state index in [1.807, 2.05) is 0 Å². The average Bonchev–Trinajstić information content (AvgIpc) is 2.71. The van der Waals surface area contributed by atoms with Crippen LogP contribution < -0.4 is 11.5 Å². The molecule has 86 valence electrons. The third-order valence-corrected chi connectivity index (χ3v) is 2.38. The summed E-state index contributed by atoms with van der Waals surface area (Å²) in [5.74, 6) is -0.397. The molecule has 0 aliphatic heterocycles. The molecule has 2 aromatic rings. The Kier molecular flexibility index (Phi) is 2.61. The number of aromatic nitrogens is 1. The van der Waals surface area contributed by atoms with Crippen molar-refractivity contribution in [3.8, 4) is 11.3 Å². The predicted octanol–water partition coefficient (Wildman–Crippen LogP) is 1.76. The highest BCUT2D eigenvalue weighted by atomic mass is 16.3. The van der Waals surface area contributed by atoms with Crippen molar-refractivity contribution in [3.05, 3.63) is 40.8 Å². The SMILES string of the molecule is NC(=O)c1cc(-c2cccc(N=O)c2)[nH]c1N. The second-order valence-corrected chi connectivity index (χ2v) is 3.52. The van der Waals surface area contributed by atoms with E-state index in [-0.39, 0.29) is 11.4 Å². The number of nitroso groups, excluding NO2 is 1. The second kappa shape index (κ2) is 4.09. The Balaban J connectivity index is 2.49. The largest absolute Gasteiger partial charge is 0.385 e. The molecule has 17 heavy (non-hydrogen) atoms. The van der Waals surface area contributed by atoms with E-state index in [0.717, 1.165) is 0 Å². The van der Waals surface area contributed by atoms with Crippen molar-refractivity contribution in [2.75, 3.05) is 5.73 Å². The minimum absolute atomic E-state index is 0.206. The van der Waals surface area contributed by atoms with Gasteiger partial charge in [0.05, 0.1) is 5.56 Å². The number of rotatable bonds is 3. The van der Waals surface area contributed by atoms with Crippen LogP contribution in [-0.4, -0.2) is 10.9 Å². The van der Waals surface area contributed by atoms with E-state index in [9.17, 15) is 9.70 Å². The van der Waals surface area contributed by atoms with Crippen molar-refractivity contribution in [1.82, 2.24) is 4.98 Å². The van der Waals surface area contributed by atoms with Gasteiger partial charge in [-0.2, -0.15) is 0 Å². The van der Waals surface area contributed by atoms with Crippen LogP contribution in [0.25, 0.3) is 11.3 Å². The molecule has 0 aliphatic carbocycles. The molecule has 5 N–H and O–H groups in total. The zero-order chi connectivity index (χ0) is 12.4. The first kappa shape index (κ1) is 10.9. The highest BCUT2D eigenvalue weighted by Gasteiger charge is 2.11. The molecular weight excluding hydrogens is 220 g/mol. The third kappa shape index (κ3) is 2.00. The molecule has 1 heterocycles. The summed E-state index contributed by atoms with van der Waals surface area (Å²) in [5.41, 5.74) is 12.6. The number of hydrogen-bond acceptors (Lipinski definition) is 4. The molecule has 6 nitrogen and oxygen atoms in total. The number of nitrogens with two attached hydrogens (primary N) is 2. The van der Waals surface area contributed by atoms with Gasteiger partial charge in [-0.15, -0.1) is 4.91 Å². The van der Waals surface area contributed by atoms with Crippen LogP contribution in [0.4, 0.5) is 11.5 Å². The van der Waals surface area contributed by atoms with Crippen LogP contribution in [-0.2, 0) is 0 Å². The smallest absolute Gasteiger partial charge is 0.252 e. The molecule has 0 atom stereocenters. The van der Waals surface area contributed by atoms with Gasteiger partial charge in [-0.25, -0.2) is 0 Å². The summed E-state index contributed by atoms with van der Waals surface area (Å²) in [7, 11) is 0. The molecule has 1 aromatic carbocycles. The average molecular weight is 230 g/mol. The van der Waals surface area contributed by atoms with E-state index < -0.39 is 5.91 Å². The van der Waals surface area contributed by atoms with Gasteiger partial charge in [-0.3, -0.25) is 4.79 Å². The number of hydrogen-bond donors (Lipinski definition) is 3. The van der Waals surface area contributed by atoms with Gasteiger partial charge in [0, 0.05) is 11.3 Å². The molecule has 0 fully saturated rings. The fourth-order valence-electron chi connectivity index (χ4n) is 1.56. The van der Waals surface area contributed by atoms with E-state index in [0.29, 0.717) is 16.9 Å². The first-order chi connectivity index (χ1) is 8.11. The summed E-state index contributed by atoms with van der Waals surface area (Å²) in [6.07, 6.45) is 0. The first-order valence-electron chi connectivity index (χ1n) is 4.84. The molecule has 0 aliphatic rings. The number of benzene rings is 1. The first-order valence-corrected chi connectivity index (χ1v) is 4.84. The Labute approximate surface area is 96.6 Å². The maximum atomic E-state index is 11.0. The van der Waals surface area contributed by atoms with Gasteiger partial charge < -0.3 is 16.5 Å². The summed E-state index contributed by atoms with van der Waals surface area (Å²) < 4.78 is 0. The molecule has 0 radical (unpaired) electrons. The monoisotopic (exact) mass is 230 g/mol. The van der Waals surface area contributed by atoms with Gasteiger partial charge >= 0.3 is 0 Å². The predicted molar refractivity (Wildman–Crippen MR) is 64.6 cm³/mol. The number of nitrogen functional groups attached to an aromatic ring is 1. The number of nitrogens with zero attached hydrogens (tertiary/aromatic N) is 1. The lowest BCUT2D eigenvalue weighted by Crippen LogP contribution is -2.11. The summed E-state index contributed by atoms with van der Waals surface area (Å²) in [4.78, 5) is 24.3. The Hall–Kier alpha value is -2.63. The lowest BCUT2D eigenvalue weighted by atomic mass is 10.1. The van der Waals surface area contributed by atoms with E-state index in [1.54, 1.807) is 30.3 Å². The standard InChI is InChI=1S/C11H10N4O2/c12-10-8(11(13)16)5-9(14-10)6-2-1-3-7(4-6)15-17/h1-5,14H,12H2,(H2,13,16). The Morgan fingerprint density at radius 3 is 2.65 bits per heavy atom. The summed E-state index contributed by atoms with van der Waals surface area (Å²) in [6.45, 7) is 0. The maximum Gasteiger partial charge on any atom is 0.252 e. The fourth-order valence-corrected chi connectivity index (χ4v) is 1.56. The number of amides is 1. The molecule has 0 saturated heterocycles. The summed E-state index contributed by atoms with van der Waals surface area (Å²) >= 11 is 0. The number of carbonyl (C=O) groups excluding carboxylic acids is 1. The van der Waals surface area contributed by atoms with E-state index in [2.05, 4.69) is 10.2 Å². The van der Waals surface area contributed by atoms with Gasteiger partial charge in [-0.05, 0) is 23.4 Å². The van der Waals surface area contributed by atoms with Crippen molar-refractivity contribution in [2.45, 2.75) is 0 Å². The van der Waals surface area contributed by atoms with Crippen LogP contribution in [0, 0.1) is 4.91 Å². The lowest BCUT2D eigenvalue weighted by Gasteiger charge is -1.97. The zero-order valence-electron chi connectivity index (χ0n) is 8.81. The Morgan fingerprint density at radius 2 is 2.06 bits per heavy atom. The van der Waals surface area contributed by atoms with Crippen LogP contribution >= 0.6 is 0 Å². The van der Waals surface area contributed by atoms with E-state index >= 15 is 0 Å². The van der Waals surface area contributed by atoms with Crippen LogP contribution in [0.1, 0.15) is 10.4 Å². The van der Waals surface area contributed by atoms with E-state index in [1.165, 1.54) is 0 Å². The number of primary amides is 1. The molecule has 1 aromatic heterocycles. The van der Waals surface area contributed by atoms with Crippen molar-refractivity contribution >= 4 is 17.4 Å². The quantitative estimate of drug-likeness (QED) is 0.697. The molecule has 6 heteroatoms. The number of carbonyl (C=O) groups is 1. The second-order valence-electron chi connectivity index (χ2n) is 3.52. The van der Waals surface area contributed by atoms with Crippen LogP contribution in [0.5, 0.6) is 0 Å². The number of anilines is 1. The molecule has 2 rings (SSSR count). The normalized spacial score (nSPS) is 10.1. The van der Waals surface area contributed by atoms with Crippen molar-refractivity contribution in [1.29, 1.82) is 0 Å². The number of nitrogens with one attached hydrogen (secondary N) is 1. The van der Waals surface area contributed by atoms with Gasteiger partial charge in [0.15, 0.2) is 0 Å². The molecule has 0 unspecified atom stereocenters. The topological polar surface area (TPSA) is 114 Å². The Morgan fingerprint density at radius 1 is 1.29 bits per heavy atom.